The maximum Gasteiger partial charge on any atom is 0.224 e. The Balaban J connectivity index is 1.85. The fourth-order valence-corrected chi connectivity index (χ4v) is 2.00. The van der Waals surface area contributed by atoms with Crippen molar-refractivity contribution in [2.75, 3.05) is 0 Å². The zero-order valence-corrected chi connectivity index (χ0v) is 11.1. The molecule has 0 aliphatic heterocycles. The van der Waals surface area contributed by atoms with E-state index in [0.717, 1.165) is 9.13 Å². The normalized spacial score (nSPS) is 10.2. The number of rotatable bonds is 4. The van der Waals surface area contributed by atoms with Crippen LogP contribution in [0.15, 0.2) is 30.6 Å². The molecule has 2 rings (SSSR count). The predicted octanol–water partition coefficient (Wildman–Crippen LogP) is 1.27. The van der Waals surface area contributed by atoms with Crippen LogP contribution in [-0.4, -0.2) is 21.1 Å². The SMILES string of the molecule is O=C(Cc1cccc(I)c1)NCc1ncn[nH]1. The summed E-state index contributed by atoms with van der Waals surface area (Å²) < 4.78 is 1.13. The summed E-state index contributed by atoms with van der Waals surface area (Å²) in [6, 6.07) is 7.88. The summed E-state index contributed by atoms with van der Waals surface area (Å²) in [4.78, 5) is 15.6. The van der Waals surface area contributed by atoms with Crippen LogP contribution in [0.4, 0.5) is 0 Å². The molecule has 1 heterocycles. The van der Waals surface area contributed by atoms with Crippen molar-refractivity contribution in [3.8, 4) is 0 Å². The van der Waals surface area contributed by atoms with E-state index < -0.39 is 0 Å². The number of hydrogen-bond acceptors (Lipinski definition) is 3. The van der Waals surface area contributed by atoms with Crippen LogP contribution in [0.3, 0.4) is 0 Å². The molecule has 0 atom stereocenters. The van der Waals surface area contributed by atoms with Gasteiger partial charge in [0.15, 0.2) is 0 Å². The van der Waals surface area contributed by atoms with Gasteiger partial charge in [0.05, 0.1) is 13.0 Å². The van der Waals surface area contributed by atoms with E-state index in [1.165, 1.54) is 6.33 Å². The van der Waals surface area contributed by atoms with Crippen molar-refractivity contribution in [1.82, 2.24) is 20.5 Å². The molecule has 0 aliphatic carbocycles. The lowest BCUT2D eigenvalue weighted by Crippen LogP contribution is -2.25. The van der Waals surface area contributed by atoms with E-state index in [4.69, 9.17) is 0 Å². The van der Waals surface area contributed by atoms with E-state index in [1.807, 2.05) is 24.3 Å². The number of nitrogens with zero attached hydrogens (tertiary/aromatic N) is 2. The quantitative estimate of drug-likeness (QED) is 0.822. The first kappa shape index (κ1) is 12.0. The van der Waals surface area contributed by atoms with E-state index in [2.05, 4.69) is 43.1 Å². The fraction of sp³-hybridized carbons (Fsp3) is 0.182. The maximum absolute atomic E-state index is 11.6. The van der Waals surface area contributed by atoms with Crippen molar-refractivity contribution >= 4 is 28.5 Å². The molecule has 0 spiro atoms. The Hall–Kier alpha value is -1.44. The summed E-state index contributed by atoms with van der Waals surface area (Å²) >= 11 is 2.23. The summed E-state index contributed by atoms with van der Waals surface area (Å²) in [7, 11) is 0. The van der Waals surface area contributed by atoms with E-state index in [1.54, 1.807) is 0 Å². The van der Waals surface area contributed by atoms with Gasteiger partial charge in [-0.1, -0.05) is 12.1 Å². The molecule has 0 unspecified atom stereocenters. The molecule has 1 amide bonds. The summed E-state index contributed by atoms with van der Waals surface area (Å²) in [6.45, 7) is 0.378. The van der Waals surface area contributed by atoms with Gasteiger partial charge in [0.1, 0.15) is 12.2 Å². The van der Waals surface area contributed by atoms with Crippen molar-refractivity contribution in [1.29, 1.82) is 0 Å². The molecular formula is C11H11IN4O. The number of hydrogen-bond donors (Lipinski definition) is 2. The van der Waals surface area contributed by atoms with Gasteiger partial charge in [-0.3, -0.25) is 9.89 Å². The Labute approximate surface area is 112 Å². The Kier molecular flexibility index (Phi) is 4.08. The van der Waals surface area contributed by atoms with Crippen molar-refractivity contribution in [2.24, 2.45) is 0 Å². The number of halogens is 1. The van der Waals surface area contributed by atoms with Gasteiger partial charge < -0.3 is 5.32 Å². The number of carbonyl (C=O) groups is 1. The third-order valence-electron chi connectivity index (χ3n) is 2.17. The number of H-pyrrole nitrogens is 1. The highest BCUT2D eigenvalue weighted by Crippen LogP contribution is 2.08. The average molecular weight is 342 g/mol. The minimum atomic E-state index is -0.0246. The molecule has 2 aromatic rings. The predicted molar refractivity (Wildman–Crippen MR) is 71.1 cm³/mol. The van der Waals surface area contributed by atoms with Crippen molar-refractivity contribution in [2.45, 2.75) is 13.0 Å². The number of aromatic nitrogens is 3. The smallest absolute Gasteiger partial charge is 0.224 e. The Bertz CT molecular complexity index is 498. The maximum atomic E-state index is 11.6. The molecule has 0 bridgehead atoms. The first-order valence-corrected chi connectivity index (χ1v) is 6.17. The monoisotopic (exact) mass is 342 g/mol. The molecule has 0 aliphatic rings. The summed E-state index contributed by atoms with van der Waals surface area (Å²) in [5.41, 5.74) is 1.01. The van der Waals surface area contributed by atoms with Gasteiger partial charge in [0, 0.05) is 3.57 Å². The molecule has 0 fully saturated rings. The molecule has 1 aromatic heterocycles. The average Bonchev–Trinajstić information content (AvgIpc) is 2.79. The number of benzene rings is 1. The van der Waals surface area contributed by atoms with Crippen LogP contribution in [0.25, 0.3) is 0 Å². The fourth-order valence-electron chi connectivity index (χ4n) is 1.39. The van der Waals surface area contributed by atoms with Gasteiger partial charge in [-0.25, -0.2) is 4.98 Å². The van der Waals surface area contributed by atoms with Crippen LogP contribution < -0.4 is 5.32 Å². The number of aromatic amines is 1. The van der Waals surface area contributed by atoms with E-state index in [-0.39, 0.29) is 5.91 Å². The van der Waals surface area contributed by atoms with E-state index in [0.29, 0.717) is 18.8 Å². The van der Waals surface area contributed by atoms with Gasteiger partial charge in [0.2, 0.25) is 5.91 Å². The van der Waals surface area contributed by atoms with Crippen LogP contribution >= 0.6 is 22.6 Å². The Morgan fingerprint density at radius 3 is 3.06 bits per heavy atom. The van der Waals surface area contributed by atoms with Gasteiger partial charge in [-0.2, -0.15) is 5.10 Å². The Morgan fingerprint density at radius 2 is 2.35 bits per heavy atom. The first-order chi connectivity index (χ1) is 8.24. The molecule has 0 radical (unpaired) electrons. The molecule has 5 nitrogen and oxygen atoms in total. The third kappa shape index (κ3) is 3.81. The van der Waals surface area contributed by atoms with Crippen LogP contribution in [0.1, 0.15) is 11.4 Å². The first-order valence-electron chi connectivity index (χ1n) is 5.09. The number of amides is 1. The summed E-state index contributed by atoms with van der Waals surface area (Å²) in [5.74, 6) is 0.629. The second-order valence-electron chi connectivity index (χ2n) is 3.52. The highest BCUT2D eigenvalue weighted by atomic mass is 127. The topological polar surface area (TPSA) is 70.7 Å². The highest BCUT2D eigenvalue weighted by Gasteiger charge is 2.04. The lowest BCUT2D eigenvalue weighted by Gasteiger charge is -2.03. The standard InChI is InChI=1S/C11H11IN4O/c12-9-3-1-2-8(4-9)5-11(17)13-6-10-14-7-15-16-10/h1-4,7H,5-6H2,(H,13,17)(H,14,15,16). The zero-order chi connectivity index (χ0) is 12.1. The molecular weight excluding hydrogens is 331 g/mol. The molecule has 0 saturated carbocycles. The van der Waals surface area contributed by atoms with Gasteiger partial charge in [-0.05, 0) is 40.3 Å². The second kappa shape index (κ2) is 5.76. The molecule has 6 heteroatoms. The molecule has 17 heavy (non-hydrogen) atoms. The third-order valence-corrected chi connectivity index (χ3v) is 2.84. The minimum absolute atomic E-state index is 0.0246. The number of nitrogens with one attached hydrogen (secondary N) is 2. The highest BCUT2D eigenvalue weighted by molar-refractivity contribution is 14.1. The second-order valence-corrected chi connectivity index (χ2v) is 4.76. The van der Waals surface area contributed by atoms with Gasteiger partial charge in [-0.15, -0.1) is 0 Å². The molecule has 1 aromatic carbocycles. The van der Waals surface area contributed by atoms with Crippen molar-refractivity contribution < 1.29 is 4.79 Å². The molecule has 2 N–H and O–H groups in total. The lowest BCUT2D eigenvalue weighted by atomic mass is 10.1. The van der Waals surface area contributed by atoms with Crippen LogP contribution in [0, 0.1) is 3.57 Å². The molecule has 88 valence electrons. The Morgan fingerprint density at radius 1 is 1.47 bits per heavy atom. The van der Waals surface area contributed by atoms with Crippen molar-refractivity contribution in [3.63, 3.8) is 0 Å². The van der Waals surface area contributed by atoms with Crippen molar-refractivity contribution in [3.05, 3.63) is 45.6 Å². The van der Waals surface area contributed by atoms with Crippen LogP contribution in [0.5, 0.6) is 0 Å². The zero-order valence-electron chi connectivity index (χ0n) is 8.98. The van der Waals surface area contributed by atoms with Gasteiger partial charge in [0.25, 0.3) is 0 Å². The van der Waals surface area contributed by atoms with Crippen LogP contribution in [-0.2, 0) is 17.8 Å². The van der Waals surface area contributed by atoms with E-state index >= 15 is 0 Å². The lowest BCUT2D eigenvalue weighted by molar-refractivity contribution is -0.120. The minimum Gasteiger partial charge on any atom is -0.349 e. The number of carbonyl (C=O) groups excluding carboxylic acids is 1. The van der Waals surface area contributed by atoms with Gasteiger partial charge >= 0.3 is 0 Å². The summed E-state index contributed by atoms with van der Waals surface area (Å²) in [5, 5.41) is 9.17. The van der Waals surface area contributed by atoms with E-state index in [9.17, 15) is 4.79 Å². The summed E-state index contributed by atoms with van der Waals surface area (Å²) in [6.07, 6.45) is 1.80. The largest absolute Gasteiger partial charge is 0.349 e. The molecule has 0 saturated heterocycles. The van der Waals surface area contributed by atoms with Crippen LogP contribution in [0.2, 0.25) is 0 Å².